The number of unbranched alkanes of at least 4 members (excludes halogenated alkanes) is 8. The summed E-state index contributed by atoms with van der Waals surface area (Å²) < 4.78 is 10.5. The SMILES string of the molecule is CCCCCOP([O-])(=S)SCCCCC.CCCCCOP([O-])(=S)SCCCCC.[S]=[Mo+2]. The Morgan fingerprint density at radius 2 is 0.875 bits per heavy atom. The summed E-state index contributed by atoms with van der Waals surface area (Å²) in [7, 11) is 4.09. The van der Waals surface area contributed by atoms with Crippen LogP contribution in [-0.2, 0) is 50.7 Å². The Labute approximate surface area is 232 Å². The number of hydrogen-bond acceptors (Lipinski definition) is 9. The van der Waals surface area contributed by atoms with Gasteiger partial charge in [-0.25, -0.2) is 0 Å². The summed E-state index contributed by atoms with van der Waals surface area (Å²) in [5.74, 6) is 1.73. The molecule has 0 aromatic heterocycles. The molecule has 0 aromatic rings. The zero-order valence-electron chi connectivity index (χ0n) is 20.3. The van der Waals surface area contributed by atoms with E-state index in [2.05, 4.69) is 37.5 Å². The van der Waals surface area contributed by atoms with Gasteiger partial charge in [-0.05, 0) is 37.2 Å². The molecule has 2 unspecified atom stereocenters. The summed E-state index contributed by atoms with van der Waals surface area (Å²) in [5.41, 5.74) is -5.55. The van der Waals surface area contributed by atoms with Crippen molar-refractivity contribution in [2.45, 2.75) is 105 Å². The Morgan fingerprint density at radius 1 is 0.594 bits per heavy atom. The van der Waals surface area contributed by atoms with Gasteiger partial charge in [0, 0.05) is 11.4 Å². The second-order valence-electron chi connectivity index (χ2n) is 7.06. The van der Waals surface area contributed by atoms with Crippen molar-refractivity contribution < 1.29 is 36.8 Å². The van der Waals surface area contributed by atoms with Crippen molar-refractivity contribution in [3.8, 4) is 0 Å². The molecule has 0 fully saturated rings. The Kier molecular flexibility index (Phi) is 36.8. The average molecular weight is 667 g/mol. The monoisotopic (exact) mass is 668 g/mol. The van der Waals surface area contributed by atoms with Gasteiger partial charge in [-0.15, -0.1) is 22.8 Å². The second kappa shape index (κ2) is 30.0. The van der Waals surface area contributed by atoms with Gasteiger partial charge >= 0.3 is 27.8 Å². The zero-order chi connectivity index (χ0) is 25.1. The van der Waals surface area contributed by atoms with E-state index in [4.69, 9.17) is 32.7 Å². The molecular weight excluding hydrogens is 622 g/mol. The maximum atomic E-state index is 11.7. The van der Waals surface area contributed by atoms with Gasteiger partial charge in [0.2, 0.25) is 0 Å². The molecule has 194 valence electrons. The van der Waals surface area contributed by atoms with Gasteiger partial charge in [-0.2, -0.15) is 0 Å². The van der Waals surface area contributed by atoms with Crippen molar-refractivity contribution in [3.63, 3.8) is 0 Å². The third-order valence-electron chi connectivity index (χ3n) is 3.99. The average Bonchev–Trinajstić information content (AvgIpc) is 2.77. The second-order valence-corrected chi connectivity index (χ2v) is 19.4. The van der Waals surface area contributed by atoms with Crippen LogP contribution in [0.5, 0.6) is 0 Å². The van der Waals surface area contributed by atoms with Crippen molar-refractivity contribution >= 4 is 67.6 Å². The summed E-state index contributed by atoms with van der Waals surface area (Å²) in [6.07, 6.45) is 13.4. The van der Waals surface area contributed by atoms with Gasteiger partial charge in [0.25, 0.3) is 0 Å². The molecule has 0 heterocycles. The molecular formula is C20H44MoO4P2S5. The molecule has 0 bridgehead atoms. The minimum absolute atomic E-state index is 0.551. The van der Waals surface area contributed by atoms with Crippen LogP contribution in [-0.4, -0.2) is 24.7 Å². The van der Waals surface area contributed by atoms with Crippen LogP contribution in [0, 0.1) is 0 Å². The Hall–Kier alpha value is 2.75. The van der Waals surface area contributed by atoms with Gasteiger partial charge in [0.1, 0.15) is 0 Å². The third-order valence-corrected chi connectivity index (χ3v) is 12.7. The van der Waals surface area contributed by atoms with Crippen LogP contribution in [0.2, 0.25) is 0 Å². The van der Waals surface area contributed by atoms with E-state index in [1.165, 1.54) is 66.4 Å². The predicted molar refractivity (Wildman–Crippen MR) is 151 cm³/mol. The first-order valence-electron chi connectivity index (χ1n) is 11.6. The van der Waals surface area contributed by atoms with Crippen LogP contribution in [0.1, 0.15) is 105 Å². The molecule has 0 aliphatic rings. The summed E-state index contributed by atoms with van der Waals surface area (Å²) in [6.45, 7) is 9.67. The van der Waals surface area contributed by atoms with Crippen LogP contribution in [0.3, 0.4) is 0 Å². The summed E-state index contributed by atoms with van der Waals surface area (Å²) in [6, 6.07) is 0. The molecule has 0 amide bonds. The molecule has 0 saturated carbocycles. The van der Waals surface area contributed by atoms with E-state index in [0.717, 1.165) is 62.9 Å². The normalized spacial score (nSPS) is 14.3. The fraction of sp³-hybridized carbons (Fsp3) is 1.00. The molecule has 0 saturated heterocycles. The quantitative estimate of drug-likeness (QED) is 0.0730. The van der Waals surface area contributed by atoms with Gasteiger partial charge in [0.05, 0.1) is 13.2 Å². The molecule has 0 rings (SSSR count). The molecule has 0 aliphatic carbocycles. The fourth-order valence-electron chi connectivity index (χ4n) is 2.19. The first-order valence-corrected chi connectivity index (χ1v) is 22.9. The van der Waals surface area contributed by atoms with Gasteiger partial charge in [0.15, 0.2) is 0 Å². The van der Waals surface area contributed by atoms with Gasteiger partial charge < -0.3 is 18.8 Å². The molecule has 4 nitrogen and oxygen atoms in total. The van der Waals surface area contributed by atoms with Crippen molar-refractivity contribution in [3.05, 3.63) is 0 Å². The topological polar surface area (TPSA) is 64.6 Å². The number of hydrogen-bond donors (Lipinski definition) is 0. The van der Waals surface area contributed by atoms with Crippen molar-refractivity contribution in [1.29, 1.82) is 0 Å². The van der Waals surface area contributed by atoms with Crippen LogP contribution >= 0.6 is 44.0 Å². The molecule has 2 atom stereocenters. The van der Waals surface area contributed by atoms with E-state index < -0.39 is 11.4 Å². The first kappa shape index (κ1) is 39.3. The molecule has 0 aliphatic heterocycles. The van der Waals surface area contributed by atoms with E-state index >= 15 is 0 Å². The van der Waals surface area contributed by atoms with Crippen molar-refractivity contribution in [1.82, 2.24) is 0 Å². The van der Waals surface area contributed by atoms with E-state index in [1.54, 1.807) is 0 Å². The van der Waals surface area contributed by atoms with Crippen LogP contribution < -0.4 is 9.79 Å². The summed E-state index contributed by atoms with van der Waals surface area (Å²) >= 11 is 14.1. The van der Waals surface area contributed by atoms with Crippen molar-refractivity contribution in [2.75, 3.05) is 24.7 Å². The standard InChI is InChI=1S/2C10H23O2PS2.Mo.S/c2*1-3-5-7-9-12-13(11,14)15-10-8-6-4-2;;/h2*3-10H2,1-2H3,(H,11,14);;/q;;+2;/p-2. The van der Waals surface area contributed by atoms with E-state index in [0.29, 0.717) is 13.2 Å². The number of rotatable bonds is 20. The molecule has 0 radical (unpaired) electrons. The Bertz CT molecular complexity index is 407. The van der Waals surface area contributed by atoms with Gasteiger partial charge in [-0.3, -0.25) is 0 Å². The van der Waals surface area contributed by atoms with E-state index in [-0.39, 0.29) is 0 Å². The van der Waals surface area contributed by atoms with Crippen molar-refractivity contribution in [2.24, 2.45) is 0 Å². The van der Waals surface area contributed by atoms with Crippen LogP contribution in [0.15, 0.2) is 0 Å². The maximum absolute atomic E-state index is 11.7. The molecule has 32 heavy (non-hydrogen) atoms. The molecule has 12 heteroatoms. The molecule has 0 N–H and O–H groups in total. The molecule has 0 spiro atoms. The van der Waals surface area contributed by atoms with Gasteiger partial charge in [-0.1, -0.05) is 103 Å². The summed E-state index contributed by atoms with van der Waals surface area (Å²) in [5, 5.41) is 0. The molecule has 0 aromatic carbocycles. The Morgan fingerprint density at radius 3 is 1.16 bits per heavy atom. The zero-order valence-corrected chi connectivity index (χ0v) is 28.2. The first-order chi connectivity index (χ1) is 15.2. The van der Waals surface area contributed by atoms with E-state index in [1.807, 2.05) is 0 Å². The summed E-state index contributed by atoms with van der Waals surface area (Å²) in [4.78, 5) is 23.4. The fourth-order valence-corrected chi connectivity index (χ4v) is 8.96. The van der Waals surface area contributed by atoms with E-state index in [9.17, 15) is 9.79 Å². The van der Waals surface area contributed by atoms with Crippen LogP contribution in [0.25, 0.3) is 0 Å². The minimum atomic E-state index is -2.77. The Balaban J connectivity index is -0.000000487. The van der Waals surface area contributed by atoms with Crippen LogP contribution in [0.4, 0.5) is 0 Å². The predicted octanol–water partition coefficient (Wildman–Crippen LogP) is 8.05. The third kappa shape index (κ3) is 34.9.